The summed E-state index contributed by atoms with van der Waals surface area (Å²) >= 11 is 0. The highest BCUT2D eigenvalue weighted by Crippen LogP contribution is 2.34. The van der Waals surface area contributed by atoms with Gasteiger partial charge in [-0.1, -0.05) is 12.1 Å². The lowest BCUT2D eigenvalue weighted by atomic mass is 10.1. The number of rotatable bonds is 7. The molecule has 0 aliphatic carbocycles. The number of hydrogen-bond acceptors (Lipinski definition) is 5. The largest absolute Gasteiger partial charge is 0.496 e. The van der Waals surface area contributed by atoms with Crippen LogP contribution in [0.1, 0.15) is 24.8 Å². The summed E-state index contributed by atoms with van der Waals surface area (Å²) in [6.07, 6.45) is 3.62. The molecular weight excluding hydrogens is 370 g/mol. The maximum Gasteiger partial charge on any atom is 0.319 e. The van der Waals surface area contributed by atoms with Crippen molar-refractivity contribution in [2.24, 2.45) is 0 Å². The summed E-state index contributed by atoms with van der Waals surface area (Å²) in [5, 5.41) is 5.87. The van der Waals surface area contributed by atoms with E-state index in [0.29, 0.717) is 23.8 Å². The average molecular weight is 399 g/mol. The van der Waals surface area contributed by atoms with Gasteiger partial charge >= 0.3 is 6.03 Å². The van der Waals surface area contributed by atoms with Crippen molar-refractivity contribution in [2.75, 3.05) is 44.6 Å². The molecule has 0 aromatic heterocycles. The van der Waals surface area contributed by atoms with Gasteiger partial charge in [-0.2, -0.15) is 0 Å². The second kappa shape index (κ2) is 9.91. The minimum atomic E-state index is -0.272. The molecule has 0 radical (unpaired) electrons. The van der Waals surface area contributed by atoms with Crippen molar-refractivity contribution in [3.05, 3.63) is 42.0 Å². The molecule has 29 heavy (non-hydrogen) atoms. The Labute approximate surface area is 171 Å². The van der Waals surface area contributed by atoms with E-state index >= 15 is 0 Å². The molecule has 2 aromatic rings. The van der Waals surface area contributed by atoms with Crippen LogP contribution in [0.15, 0.2) is 36.4 Å². The molecule has 7 nitrogen and oxygen atoms in total. The lowest BCUT2D eigenvalue weighted by Crippen LogP contribution is -2.32. The van der Waals surface area contributed by atoms with Crippen LogP contribution in [0.2, 0.25) is 0 Å². The van der Waals surface area contributed by atoms with Crippen molar-refractivity contribution in [1.82, 2.24) is 5.32 Å². The number of piperidine rings is 1. The van der Waals surface area contributed by atoms with Gasteiger partial charge < -0.3 is 29.7 Å². The van der Waals surface area contributed by atoms with Crippen LogP contribution in [0, 0.1) is 0 Å². The minimum Gasteiger partial charge on any atom is -0.496 e. The summed E-state index contributed by atoms with van der Waals surface area (Å²) in [4.78, 5) is 14.9. The number of benzene rings is 2. The fraction of sp³-hybridized carbons (Fsp3) is 0.409. The Morgan fingerprint density at radius 1 is 0.931 bits per heavy atom. The second-order valence-electron chi connectivity index (χ2n) is 6.89. The molecule has 0 atom stereocenters. The van der Waals surface area contributed by atoms with E-state index in [2.05, 4.69) is 21.6 Å². The minimum absolute atomic E-state index is 0.272. The molecule has 2 N–H and O–H groups in total. The highest BCUT2D eigenvalue weighted by atomic mass is 16.5. The molecule has 156 valence electrons. The maximum atomic E-state index is 12.6. The van der Waals surface area contributed by atoms with Gasteiger partial charge in [0.1, 0.15) is 5.75 Å². The number of hydrogen-bond donors (Lipinski definition) is 2. The van der Waals surface area contributed by atoms with E-state index in [9.17, 15) is 4.79 Å². The van der Waals surface area contributed by atoms with Crippen LogP contribution < -0.4 is 29.7 Å². The van der Waals surface area contributed by atoms with Crippen molar-refractivity contribution in [1.29, 1.82) is 0 Å². The first kappa shape index (κ1) is 20.6. The standard InChI is InChI=1S/C22H29N3O4/c1-27-19-14-21(29-3)20(28-2)13-16(19)15-23-22(26)24-17-9-5-6-10-18(17)25-11-7-4-8-12-25/h5-6,9-10,13-14H,4,7-8,11-12,15H2,1-3H3,(H2,23,24,26). The van der Waals surface area contributed by atoms with Gasteiger partial charge in [-0.3, -0.25) is 0 Å². The molecular formula is C22H29N3O4. The molecule has 1 heterocycles. The molecule has 0 saturated carbocycles. The number of para-hydroxylation sites is 2. The van der Waals surface area contributed by atoms with Gasteiger partial charge in [0.05, 0.1) is 32.7 Å². The Balaban J connectivity index is 1.68. The van der Waals surface area contributed by atoms with Crippen LogP contribution in [-0.4, -0.2) is 40.5 Å². The van der Waals surface area contributed by atoms with Crippen molar-refractivity contribution in [3.63, 3.8) is 0 Å². The van der Waals surface area contributed by atoms with Crippen LogP contribution in [0.25, 0.3) is 0 Å². The normalized spacial score (nSPS) is 13.6. The summed E-state index contributed by atoms with van der Waals surface area (Å²) in [5.74, 6) is 1.78. The Morgan fingerprint density at radius 3 is 2.28 bits per heavy atom. The summed E-state index contributed by atoms with van der Waals surface area (Å²) in [7, 11) is 4.73. The SMILES string of the molecule is COc1cc(OC)c(OC)cc1CNC(=O)Nc1ccccc1N1CCCCC1. The molecule has 7 heteroatoms. The Morgan fingerprint density at radius 2 is 1.59 bits per heavy atom. The molecule has 0 unspecified atom stereocenters. The molecule has 1 saturated heterocycles. The van der Waals surface area contributed by atoms with E-state index in [4.69, 9.17) is 14.2 Å². The van der Waals surface area contributed by atoms with Gasteiger partial charge in [0, 0.05) is 31.3 Å². The highest BCUT2D eigenvalue weighted by molar-refractivity contribution is 5.93. The number of amides is 2. The topological polar surface area (TPSA) is 72.1 Å². The third-order valence-electron chi connectivity index (χ3n) is 5.07. The third-order valence-corrected chi connectivity index (χ3v) is 5.07. The van der Waals surface area contributed by atoms with Crippen molar-refractivity contribution in [2.45, 2.75) is 25.8 Å². The number of nitrogens with zero attached hydrogens (tertiary/aromatic N) is 1. The first-order valence-electron chi connectivity index (χ1n) is 9.84. The van der Waals surface area contributed by atoms with Crippen LogP contribution in [0.4, 0.5) is 16.2 Å². The van der Waals surface area contributed by atoms with Gasteiger partial charge in [-0.25, -0.2) is 4.79 Å². The quantitative estimate of drug-likeness (QED) is 0.736. The highest BCUT2D eigenvalue weighted by Gasteiger charge is 2.16. The Bertz CT molecular complexity index is 835. The fourth-order valence-electron chi connectivity index (χ4n) is 3.56. The average Bonchev–Trinajstić information content (AvgIpc) is 2.78. The van der Waals surface area contributed by atoms with Crippen molar-refractivity contribution in [3.8, 4) is 17.2 Å². The van der Waals surface area contributed by atoms with E-state index in [1.165, 1.54) is 19.3 Å². The maximum absolute atomic E-state index is 12.6. The smallest absolute Gasteiger partial charge is 0.319 e. The van der Waals surface area contributed by atoms with Crippen LogP contribution in [-0.2, 0) is 6.54 Å². The molecule has 1 aliphatic heterocycles. The monoisotopic (exact) mass is 399 g/mol. The van der Waals surface area contributed by atoms with E-state index in [1.807, 2.05) is 18.2 Å². The zero-order chi connectivity index (χ0) is 20.6. The molecule has 0 spiro atoms. The first-order valence-corrected chi connectivity index (χ1v) is 9.84. The first-order chi connectivity index (χ1) is 14.2. The fourth-order valence-corrected chi connectivity index (χ4v) is 3.56. The van der Waals surface area contributed by atoms with Crippen LogP contribution in [0.3, 0.4) is 0 Å². The number of carbonyl (C=O) groups is 1. The number of anilines is 2. The number of ether oxygens (including phenoxy) is 3. The third kappa shape index (κ3) is 5.04. The van der Waals surface area contributed by atoms with Gasteiger partial charge in [-0.05, 0) is 37.5 Å². The Kier molecular flexibility index (Phi) is 7.05. The molecule has 2 aromatic carbocycles. The van der Waals surface area contributed by atoms with E-state index in [1.54, 1.807) is 33.5 Å². The summed E-state index contributed by atoms with van der Waals surface area (Å²) in [6.45, 7) is 2.33. The van der Waals surface area contributed by atoms with Crippen molar-refractivity contribution < 1.29 is 19.0 Å². The van der Waals surface area contributed by atoms with Gasteiger partial charge in [0.25, 0.3) is 0 Å². The number of carbonyl (C=O) groups excluding carboxylic acids is 1. The van der Waals surface area contributed by atoms with E-state index in [-0.39, 0.29) is 6.03 Å². The number of urea groups is 1. The predicted octanol–water partition coefficient (Wildman–Crippen LogP) is 4.02. The summed E-state index contributed by atoms with van der Waals surface area (Å²) in [6, 6.07) is 11.2. The summed E-state index contributed by atoms with van der Waals surface area (Å²) in [5.41, 5.74) is 2.67. The van der Waals surface area contributed by atoms with Gasteiger partial charge in [0.2, 0.25) is 0 Å². The number of nitrogens with one attached hydrogen (secondary N) is 2. The van der Waals surface area contributed by atoms with E-state index in [0.717, 1.165) is 30.0 Å². The van der Waals surface area contributed by atoms with Crippen molar-refractivity contribution >= 4 is 17.4 Å². The Hall–Kier alpha value is -3.09. The predicted molar refractivity (Wildman–Crippen MR) is 114 cm³/mol. The lowest BCUT2D eigenvalue weighted by molar-refractivity contribution is 0.251. The van der Waals surface area contributed by atoms with Gasteiger partial charge in [-0.15, -0.1) is 0 Å². The van der Waals surface area contributed by atoms with Crippen LogP contribution >= 0.6 is 0 Å². The molecule has 3 rings (SSSR count). The lowest BCUT2D eigenvalue weighted by Gasteiger charge is -2.30. The molecule has 0 bridgehead atoms. The zero-order valence-corrected chi connectivity index (χ0v) is 17.3. The second-order valence-corrected chi connectivity index (χ2v) is 6.89. The van der Waals surface area contributed by atoms with E-state index < -0.39 is 0 Å². The molecule has 1 fully saturated rings. The van der Waals surface area contributed by atoms with Crippen LogP contribution in [0.5, 0.6) is 17.2 Å². The van der Waals surface area contributed by atoms with Gasteiger partial charge in [0.15, 0.2) is 11.5 Å². The zero-order valence-electron chi connectivity index (χ0n) is 17.3. The summed E-state index contributed by atoms with van der Waals surface area (Å²) < 4.78 is 16.1. The number of methoxy groups -OCH3 is 3. The molecule has 1 aliphatic rings. The molecule has 2 amide bonds.